The minimum atomic E-state index is 0.736. The maximum Gasteiger partial charge on any atom is 0.0738 e. The van der Waals surface area contributed by atoms with E-state index in [1.807, 2.05) is 6.07 Å². The van der Waals surface area contributed by atoms with Crippen molar-refractivity contribution < 1.29 is 4.74 Å². The molecule has 2 N–H and O–H groups in total. The fraction of sp³-hybridized carbons (Fsp3) is 0.417. The zero-order valence-electron chi connectivity index (χ0n) is 9.52. The van der Waals surface area contributed by atoms with Gasteiger partial charge in [-0.05, 0) is 18.1 Å². The molecule has 0 saturated carbocycles. The van der Waals surface area contributed by atoms with Gasteiger partial charge in [0.25, 0.3) is 0 Å². The maximum atomic E-state index is 5.90. The lowest BCUT2D eigenvalue weighted by molar-refractivity contribution is 0.222. The van der Waals surface area contributed by atoms with Crippen LogP contribution in [0.2, 0.25) is 0 Å². The summed E-state index contributed by atoms with van der Waals surface area (Å²) in [6.45, 7) is 2.62. The fourth-order valence-electron chi connectivity index (χ4n) is 1.93. The normalized spacial score (nSPS) is 16.1. The molecule has 0 aromatic carbocycles. The van der Waals surface area contributed by atoms with E-state index in [2.05, 4.69) is 16.0 Å². The molecule has 2 rings (SSSR count). The van der Waals surface area contributed by atoms with E-state index in [-0.39, 0.29) is 0 Å². The molecule has 1 aromatic rings. The summed E-state index contributed by atoms with van der Waals surface area (Å²) in [6, 6.07) is 1.96. The van der Waals surface area contributed by atoms with E-state index in [4.69, 9.17) is 10.5 Å². The molecule has 1 aromatic heterocycles. The van der Waals surface area contributed by atoms with E-state index in [1.54, 1.807) is 19.5 Å². The monoisotopic (exact) mass is 219 g/mol. The summed E-state index contributed by atoms with van der Waals surface area (Å²) in [6.07, 6.45) is 6.73. The third-order valence-corrected chi connectivity index (χ3v) is 2.80. The molecule has 2 heterocycles. The molecule has 0 amide bonds. The highest BCUT2D eigenvalue weighted by Crippen LogP contribution is 2.24. The van der Waals surface area contributed by atoms with Gasteiger partial charge in [-0.2, -0.15) is 0 Å². The van der Waals surface area contributed by atoms with Gasteiger partial charge in [0.2, 0.25) is 0 Å². The van der Waals surface area contributed by atoms with Crippen LogP contribution in [0.3, 0.4) is 0 Å². The van der Waals surface area contributed by atoms with Crippen LogP contribution >= 0.6 is 0 Å². The maximum absolute atomic E-state index is 5.90. The Bertz CT molecular complexity index is 390. The zero-order chi connectivity index (χ0) is 11.4. The van der Waals surface area contributed by atoms with Crippen molar-refractivity contribution in [3.8, 4) is 0 Å². The lowest BCUT2D eigenvalue weighted by Crippen LogP contribution is -2.29. The van der Waals surface area contributed by atoms with Gasteiger partial charge in [-0.25, -0.2) is 0 Å². The second-order valence-corrected chi connectivity index (χ2v) is 3.93. The van der Waals surface area contributed by atoms with Crippen LogP contribution in [0.1, 0.15) is 6.42 Å². The number of nitrogen functional groups attached to an aromatic ring is 1. The van der Waals surface area contributed by atoms with Crippen LogP contribution in [0.4, 0.5) is 11.4 Å². The summed E-state index contributed by atoms with van der Waals surface area (Å²) in [7, 11) is 1.73. The molecule has 0 bridgehead atoms. The average molecular weight is 219 g/mol. The van der Waals surface area contributed by atoms with Crippen LogP contribution in [0.15, 0.2) is 30.1 Å². The van der Waals surface area contributed by atoms with Crippen LogP contribution in [0, 0.1) is 0 Å². The number of nitrogens with zero attached hydrogens (tertiary/aromatic N) is 2. The Morgan fingerprint density at radius 1 is 1.56 bits per heavy atom. The van der Waals surface area contributed by atoms with E-state index < -0.39 is 0 Å². The molecule has 0 aliphatic carbocycles. The number of rotatable bonds is 3. The van der Waals surface area contributed by atoms with Crippen LogP contribution in [-0.2, 0) is 4.74 Å². The summed E-state index contributed by atoms with van der Waals surface area (Å²) in [4.78, 5) is 6.26. The molecule has 0 fully saturated rings. The molecule has 16 heavy (non-hydrogen) atoms. The second kappa shape index (κ2) is 4.99. The van der Waals surface area contributed by atoms with E-state index in [0.717, 1.165) is 37.5 Å². The van der Waals surface area contributed by atoms with Crippen molar-refractivity contribution in [3.63, 3.8) is 0 Å². The zero-order valence-corrected chi connectivity index (χ0v) is 9.52. The highest BCUT2D eigenvalue weighted by Gasteiger charge is 2.13. The van der Waals surface area contributed by atoms with Crippen LogP contribution < -0.4 is 10.6 Å². The molecule has 1 aliphatic heterocycles. The van der Waals surface area contributed by atoms with Crippen molar-refractivity contribution in [2.24, 2.45) is 0 Å². The molecule has 86 valence electrons. The van der Waals surface area contributed by atoms with Gasteiger partial charge in [-0.1, -0.05) is 6.08 Å². The van der Waals surface area contributed by atoms with Gasteiger partial charge < -0.3 is 15.4 Å². The molecule has 1 aliphatic rings. The minimum Gasteiger partial charge on any atom is -0.396 e. The third kappa shape index (κ3) is 2.33. The number of hydrogen-bond acceptors (Lipinski definition) is 4. The topological polar surface area (TPSA) is 51.4 Å². The van der Waals surface area contributed by atoms with Crippen LogP contribution in [0.25, 0.3) is 0 Å². The van der Waals surface area contributed by atoms with Crippen molar-refractivity contribution in [1.29, 1.82) is 0 Å². The summed E-state index contributed by atoms with van der Waals surface area (Å²) >= 11 is 0. The fourth-order valence-corrected chi connectivity index (χ4v) is 1.93. The molecular formula is C12H17N3O. The Labute approximate surface area is 95.7 Å². The predicted octanol–water partition coefficient (Wildman–Crippen LogP) is 1.45. The van der Waals surface area contributed by atoms with Gasteiger partial charge >= 0.3 is 0 Å². The number of nitrogens with two attached hydrogens (primary N) is 1. The van der Waals surface area contributed by atoms with Crippen molar-refractivity contribution in [2.75, 3.05) is 37.4 Å². The highest BCUT2D eigenvalue weighted by molar-refractivity contribution is 5.66. The summed E-state index contributed by atoms with van der Waals surface area (Å²) in [5, 5.41) is 0. The van der Waals surface area contributed by atoms with Crippen molar-refractivity contribution in [1.82, 2.24) is 4.98 Å². The summed E-state index contributed by atoms with van der Waals surface area (Å²) in [5.41, 5.74) is 9.08. The highest BCUT2D eigenvalue weighted by atomic mass is 16.5. The van der Waals surface area contributed by atoms with Crippen LogP contribution in [0.5, 0.6) is 0 Å². The van der Waals surface area contributed by atoms with Gasteiger partial charge in [0, 0.05) is 26.4 Å². The van der Waals surface area contributed by atoms with E-state index in [1.165, 1.54) is 5.57 Å². The predicted molar refractivity (Wildman–Crippen MR) is 65.4 cm³/mol. The number of ether oxygens (including phenoxy) is 1. The van der Waals surface area contributed by atoms with Crippen molar-refractivity contribution >= 4 is 11.4 Å². The summed E-state index contributed by atoms with van der Waals surface area (Å²) < 4.78 is 5.12. The lowest BCUT2D eigenvalue weighted by Gasteiger charge is -2.29. The lowest BCUT2D eigenvalue weighted by atomic mass is 10.1. The first-order chi connectivity index (χ1) is 7.81. The molecule has 0 unspecified atom stereocenters. The standard InChI is InChI=1S/C12H17N3O/c1-16-9-10-3-6-15(7-4-10)12-2-5-14-8-11(12)13/h2-3,5,8H,4,6-7,9,13H2,1H3. The minimum absolute atomic E-state index is 0.736. The molecule has 4 nitrogen and oxygen atoms in total. The van der Waals surface area contributed by atoms with Crippen molar-refractivity contribution in [3.05, 3.63) is 30.1 Å². The second-order valence-electron chi connectivity index (χ2n) is 3.93. The molecule has 0 spiro atoms. The first kappa shape index (κ1) is 11.0. The molecule has 4 heteroatoms. The Morgan fingerprint density at radius 2 is 2.44 bits per heavy atom. The molecule has 0 saturated heterocycles. The first-order valence-electron chi connectivity index (χ1n) is 5.42. The van der Waals surface area contributed by atoms with Gasteiger partial charge in [0.1, 0.15) is 0 Å². The average Bonchev–Trinajstić information content (AvgIpc) is 2.31. The first-order valence-corrected chi connectivity index (χ1v) is 5.42. The van der Waals surface area contributed by atoms with E-state index in [0.29, 0.717) is 0 Å². The van der Waals surface area contributed by atoms with E-state index >= 15 is 0 Å². The molecular weight excluding hydrogens is 202 g/mol. The van der Waals surface area contributed by atoms with Crippen LogP contribution in [-0.4, -0.2) is 31.8 Å². The van der Waals surface area contributed by atoms with Gasteiger partial charge in [0.15, 0.2) is 0 Å². The number of aromatic nitrogens is 1. The molecule has 0 atom stereocenters. The van der Waals surface area contributed by atoms with Crippen molar-refractivity contribution in [2.45, 2.75) is 6.42 Å². The third-order valence-electron chi connectivity index (χ3n) is 2.80. The van der Waals surface area contributed by atoms with Gasteiger partial charge in [-0.15, -0.1) is 0 Å². The molecule has 0 radical (unpaired) electrons. The summed E-state index contributed by atoms with van der Waals surface area (Å²) in [5.74, 6) is 0. The number of hydrogen-bond donors (Lipinski definition) is 1. The SMILES string of the molecule is COCC1=CCN(c2ccncc2N)CC1. The quantitative estimate of drug-likeness (QED) is 0.782. The Kier molecular flexibility index (Phi) is 3.41. The Hall–Kier alpha value is -1.55. The van der Waals surface area contributed by atoms with E-state index in [9.17, 15) is 0 Å². The Morgan fingerprint density at radius 3 is 3.06 bits per heavy atom. The largest absolute Gasteiger partial charge is 0.396 e. The number of anilines is 2. The number of methoxy groups -OCH3 is 1. The Balaban J connectivity index is 2.07. The smallest absolute Gasteiger partial charge is 0.0738 e. The van der Waals surface area contributed by atoms with Gasteiger partial charge in [-0.3, -0.25) is 4.98 Å². The number of pyridine rings is 1. The van der Waals surface area contributed by atoms with Gasteiger partial charge in [0.05, 0.1) is 24.2 Å².